The number of ether oxygens (including phenoxy) is 3. The van der Waals surface area contributed by atoms with Gasteiger partial charge in [-0.1, -0.05) is 55.0 Å². The van der Waals surface area contributed by atoms with Crippen molar-refractivity contribution in [1.29, 1.82) is 0 Å². The molecule has 0 radical (unpaired) electrons. The van der Waals surface area contributed by atoms with Gasteiger partial charge in [-0.25, -0.2) is 19.9 Å². The lowest BCUT2D eigenvalue weighted by Gasteiger charge is -2.19. The summed E-state index contributed by atoms with van der Waals surface area (Å²) in [5, 5.41) is 18.9. The number of pyridine rings is 2. The molecule has 0 unspecified atom stereocenters. The van der Waals surface area contributed by atoms with Gasteiger partial charge in [-0.3, -0.25) is 9.59 Å². The Kier molecular flexibility index (Phi) is 16.9. The summed E-state index contributed by atoms with van der Waals surface area (Å²) in [7, 11) is -1.36. The van der Waals surface area contributed by atoms with E-state index in [1.807, 2.05) is 13.8 Å². The van der Waals surface area contributed by atoms with Crippen LogP contribution in [0, 0.1) is 24.7 Å². The maximum atomic E-state index is 13.5. The van der Waals surface area contributed by atoms with E-state index in [9.17, 15) is 41.0 Å². The summed E-state index contributed by atoms with van der Waals surface area (Å²) < 4.78 is 96.9. The summed E-state index contributed by atoms with van der Waals surface area (Å²) in [5.74, 6) is -1.31. The van der Waals surface area contributed by atoms with Gasteiger partial charge in [0, 0.05) is 67.7 Å². The van der Waals surface area contributed by atoms with E-state index in [-0.39, 0.29) is 53.4 Å². The number of hydrogen-bond donors (Lipinski definition) is 3. The lowest BCUT2D eigenvalue weighted by Crippen LogP contribution is -2.30. The molecule has 13 nitrogen and oxygen atoms in total. The highest BCUT2D eigenvalue weighted by Crippen LogP contribution is 2.38. The van der Waals surface area contributed by atoms with Gasteiger partial charge in [-0.05, 0) is 94.1 Å². The van der Waals surface area contributed by atoms with Crippen molar-refractivity contribution in [2.24, 2.45) is 10.8 Å². The first-order valence-corrected chi connectivity index (χ1v) is 25.9. The van der Waals surface area contributed by atoms with Crippen LogP contribution in [-0.4, -0.2) is 79.5 Å². The van der Waals surface area contributed by atoms with Gasteiger partial charge in [-0.15, -0.1) is 0 Å². The molecule has 0 atom stereocenters. The predicted octanol–water partition coefficient (Wildman–Crippen LogP) is 13.0. The van der Waals surface area contributed by atoms with Crippen molar-refractivity contribution in [1.82, 2.24) is 29.5 Å². The van der Waals surface area contributed by atoms with E-state index in [1.54, 1.807) is 88.6 Å². The minimum absolute atomic E-state index is 0.0171. The molecule has 0 saturated heterocycles. The van der Waals surface area contributed by atoms with Crippen molar-refractivity contribution in [3.8, 4) is 56.8 Å². The number of imidazole rings is 2. The number of aryl methyl sites for hydroxylation is 2. The van der Waals surface area contributed by atoms with Gasteiger partial charge in [0.2, 0.25) is 11.8 Å². The maximum absolute atomic E-state index is 13.5. The Morgan fingerprint density at radius 2 is 1.19 bits per heavy atom. The maximum Gasteiger partial charge on any atom is 0.434 e. The first-order valence-electron chi connectivity index (χ1n) is 21.5. The normalized spacial score (nSPS) is 12.4. The number of carboxylic acid groups (broad SMARTS) is 2. The molecule has 4 aromatic heterocycles. The molecule has 0 spiro atoms. The third kappa shape index (κ3) is 14.3. The second kappa shape index (κ2) is 21.6. The molecule has 4 heterocycles. The van der Waals surface area contributed by atoms with Crippen molar-refractivity contribution in [3.05, 3.63) is 106 Å². The molecule has 0 aliphatic carbocycles. The van der Waals surface area contributed by atoms with Crippen molar-refractivity contribution in [2.45, 2.75) is 86.3 Å². The molecule has 0 bridgehead atoms. The van der Waals surface area contributed by atoms with Crippen LogP contribution in [0.15, 0.2) is 73.3 Å². The van der Waals surface area contributed by atoms with Gasteiger partial charge < -0.3 is 34.0 Å². The first kappa shape index (κ1) is 55.0. The Labute approximate surface area is 411 Å². The van der Waals surface area contributed by atoms with Crippen LogP contribution < -0.4 is 9.47 Å². The number of aromatic nitrogens is 6. The minimum Gasteiger partial charge on any atom is -0.481 e. The smallest absolute Gasteiger partial charge is 0.434 e. The van der Waals surface area contributed by atoms with Gasteiger partial charge in [0.25, 0.3) is 0 Å². The zero-order valence-electron chi connectivity index (χ0n) is 39.7. The monoisotopic (exact) mass is 1040 g/mol. The number of benzene rings is 2. The third-order valence-corrected chi connectivity index (χ3v) is 13.1. The van der Waals surface area contributed by atoms with Crippen molar-refractivity contribution in [2.75, 3.05) is 19.8 Å². The van der Waals surface area contributed by atoms with Crippen LogP contribution in [0.5, 0.6) is 11.8 Å². The molecule has 22 heteroatoms. The number of nitrogens with one attached hydrogen (secondary N) is 1. The number of alkyl halides is 6. The highest BCUT2D eigenvalue weighted by Gasteiger charge is 2.36. The van der Waals surface area contributed by atoms with Crippen molar-refractivity contribution >= 4 is 43.2 Å². The molecule has 70 heavy (non-hydrogen) atoms. The van der Waals surface area contributed by atoms with Crippen LogP contribution in [0.25, 0.3) is 45.0 Å². The Balaban J connectivity index is 0.000000267. The van der Waals surface area contributed by atoms with E-state index in [0.717, 1.165) is 40.7 Å². The fourth-order valence-electron chi connectivity index (χ4n) is 6.20. The number of hydrogen-bond acceptors (Lipinski definition) is 9. The Hall–Kier alpha value is -5.96. The standard InChI is InChI=1S/C27H33ClF3N3O4Si.C21H19ClF3N3O3/c1-17-11-23(38-15-26(2,3)25(35)36)32-13-20(17)18-7-8-19(21(28)12-18)24-33-22(27(29,30)31)14-34(24)16-37-9-10-39(4,5)6;1-11-6-17(31-10-20(2,3)19(29)30)26-8-14(11)12-4-5-13(15(22)7-12)18-27-9-16(28-18)21(23,24)25/h7-8,11-14H,9-10,15-16H2,1-6H3,(H,35,36);4-9H,10H2,1-3H3,(H,27,28)(H,29,30). The van der Waals surface area contributed by atoms with E-state index in [2.05, 4.69) is 44.6 Å². The second-order valence-corrected chi connectivity index (χ2v) is 25.4. The van der Waals surface area contributed by atoms with Crippen molar-refractivity contribution in [3.63, 3.8) is 0 Å². The van der Waals surface area contributed by atoms with Gasteiger partial charge in [0.1, 0.15) is 37.3 Å². The fourth-order valence-corrected chi connectivity index (χ4v) is 7.49. The quantitative estimate of drug-likeness (QED) is 0.0450. The molecule has 6 aromatic rings. The molecule has 2 aromatic carbocycles. The van der Waals surface area contributed by atoms with E-state index < -0.39 is 54.6 Å². The largest absolute Gasteiger partial charge is 0.481 e. The molecular formula is C48H52Cl2F6N6O7Si. The fraction of sp³-hybridized carbons (Fsp3) is 0.375. The van der Waals surface area contributed by atoms with E-state index in [1.165, 1.54) is 4.57 Å². The number of halogens is 8. The number of carboxylic acids is 2. The molecule has 0 saturated carbocycles. The van der Waals surface area contributed by atoms with Gasteiger partial charge in [-0.2, -0.15) is 26.3 Å². The topological polar surface area (TPSA) is 175 Å². The Morgan fingerprint density at radius 3 is 1.59 bits per heavy atom. The van der Waals surface area contributed by atoms with Crippen LogP contribution in [0.1, 0.15) is 50.2 Å². The summed E-state index contributed by atoms with van der Waals surface area (Å²) in [6, 6.07) is 14.2. The summed E-state index contributed by atoms with van der Waals surface area (Å²) >= 11 is 12.9. The summed E-state index contributed by atoms with van der Waals surface area (Å²) in [6.45, 7) is 16.7. The zero-order valence-corrected chi connectivity index (χ0v) is 42.2. The molecule has 0 amide bonds. The van der Waals surface area contributed by atoms with Crippen LogP contribution in [0.3, 0.4) is 0 Å². The van der Waals surface area contributed by atoms with Crippen LogP contribution in [-0.2, 0) is 33.4 Å². The number of aromatic amines is 1. The second-order valence-electron chi connectivity index (χ2n) is 18.9. The summed E-state index contributed by atoms with van der Waals surface area (Å²) in [5.41, 5.74) is 1.06. The lowest BCUT2D eigenvalue weighted by molar-refractivity contribution is -0.149. The summed E-state index contributed by atoms with van der Waals surface area (Å²) in [4.78, 5) is 40.8. The van der Waals surface area contributed by atoms with Crippen LogP contribution in [0.4, 0.5) is 26.3 Å². The average molecular weight is 1040 g/mol. The predicted molar refractivity (Wildman–Crippen MR) is 256 cm³/mol. The number of nitrogens with zero attached hydrogens (tertiary/aromatic N) is 5. The number of rotatable bonds is 17. The van der Waals surface area contributed by atoms with E-state index >= 15 is 0 Å². The molecule has 6 rings (SSSR count). The first-order chi connectivity index (χ1) is 32.4. The molecule has 3 N–H and O–H groups in total. The number of carbonyl (C=O) groups is 2. The zero-order chi connectivity index (χ0) is 52.1. The SMILES string of the molecule is Cc1cc(OCC(C)(C)C(=O)O)ncc1-c1ccc(-c2nc(C(F)(F)F)cn2COCC[Si](C)(C)C)c(Cl)c1.Cc1cc(OCC(C)(C)C(=O)O)ncc1-c1ccc(-c2ncc(C(F)(F)F)[nH]2)c(Cl)c1. The van der Waals surface area contributed by atoms with E-state index in [0.29, 0.717) is 28.9 Å². The van der Waals surface area contributed by atoms with Crippen molar-refractivity contribution < 1.29 is 60.4 Å². The molecule has 0 aliphatic rings. The highest BCUT2D eigenvalue weighted by atomic mass is 35.5. The molecular weight excluding hydrogens is 986 g/mol. The van der Waals surface area contributed by atoms with Gasteiger partial charge >= 0.3 is 24.3 Å². The number of H-pyrrole nitrogens is 1. The number of aliphatic carboxylic acids is 2. The lowest BCUT2D eigenvalue weighted by atomic mass is 9.95. The Bertz CT molecular complexity index is 2840. The molecule has 376 valence electrons. The molecule has 0 fully saturated rings. The van der Waals surface area contributed by atoms with Gasteiger partial charge in [0.05, 0.1) is 27.1 Å². The third-order valence-electron chi connectivity index (χ3n) is 10.7. The Morgan fingerprint density at radius 1 is 0.700 bits per heavy atom. The van der Waals surface area contributed by atoms with E-state index in [4.69, 9.17) is 42.5 Å². The van der Waals surface area contributed by atoms with Crippen LogP contribution in [0.2, 0.25) is 35.7 Å². The van der Waals surface area contributed by atoms with Gasteiger partial charge in [0.15, 0.2) is 5.69 Å². The minimum atomic E-state index is -4.61. The summed E-state index contributed by atoms with van der Waals surface area (Å²) in [6.07, 6.45) is -4.33. The van der Waals surface area contributed by atoms with Crippen LogP contribution >= 0.6 is 23.2 Å². The molecule has 0 aliphatic heterocycles. The highest BCUT2D eigenvalue weighted by molar-refractivity contribution is 6.76. The average Bonchev–Trinajstić information content (AvgIpc) is 3.93.